The number of carbonyl (C=O) groups is 1. The molecule has 0 saturated carbocycles. The van der Waals surface area contributed by atoms with Gasteiger partial charge in [-0.25, -0.2) is 9.97 Å². The van der Waals surface area contributed by atoms with Gasteiger partial charge >= 0.3 is 0 Å². The number of aryl methyl sites for hydroxylation is 2. The molecule has 0 bridgehead atoms. The summed E-state index contributed by atoms with van der Waals surface area (Å²) in [5.74, 6) is 1.48. The predicted molar refractivity (Wildman–Crippen MR) is 155 cm³/mol. The first-order valence-electron chi connectivity index (χ1n) is 12.6. The van der Waals surface area contributed by atoms with Crippen molar-refractivity contribution in [3.63, 3.8) is 0 Å². The molecule has 5 rings (SSSR count). The van der Waals surface area contributed by atoms with Crippen LogP contribution < -0.4 is 15.8 Å². The molecule has 0 spiro atoms. The van der Waals surface area contributed by atoms with E-state index in [2.05, 4.69) is 51.8 Å². The minimum absolute atomic E-state index is 0.585. The van der Waals surface area contributed by atoms with Crippen LogP contribution in [0.15, 0.2) is 23.4 Å². The monoisotopic (exact) mass is 543 g/mol. The molecule has 0 atom stereocenters. The summed E-state index contributed by atoms with van der Waals surface area (Å²) in [7, 11) is 5.80. The molecule has 200 valence electrons. The highest BCUT2D eigenvalue weighted by atomic mass is 32.1. The van der Waals surface area contributed by atoms with Crippen LogP contribution in [0.2, 0.25) is 0 Å². The zero-order chi connectivity index (χ0) is 26.4. The number of nitrogens with two attached hydrogens (primary N) is 1. The number of hydrogen-bond donors (Lipinski definition) is 3. The van der Waals surface area contributed by atoms with E-state index in [1.807, 2.05) is 11.0 Å². The highest BCUT2D eigenvalue weighted by Gasteiger charge is 2.20. The summed E-state index contributed by atoms with van der Waals surface area (Å²) in [6, 6.07) is 3.64. The van der Waals surface area contributed by atoms with Crippen LogP contribution in [0.1, 0.15) is 23.3 Å². The molecule has 2 aromatic heterocycles. The lowest BCUT2D eigenvalue weighted by molar-refractivity contribution is -0.119. The fraction of sp³-hybridized carbons (Fsp3) is 0.500. The number of hydrogen-bond acceptors (Lipinski definition) is 10. The van der Waals surface area contributed by atoms with Crippen molar-refractivity contribution >= 4 is 57.8 Å². The fourth-order valence-corrected chi connectivity index (χ4v) is 6.02. The van der Waals surface area contributed by atoms with Gasteiger partial charge in [0.05, 0.1) is 18.2 Å². The topological polar surface area (TPSA) is 99.8 Å². The molecule has 1 amide bonds. The number of nitrogen functional groups attached to an aromatic ring is 1. The lowest BCUT2D eigenvalue weighted by Crippen LogP contribution is -2.47. The van der Waals surface area contributed by atoms with Crippen molar-refractivity contribution in [2.75, 3.05) is 71.5 Å². The number of fused-ring (bicyclic) bond motifs is 3. The van der Waals surface area contributed by atoms with Crippen molar-refractivity contribution in [2.45, 2.75) is 30.6 Å². The van der Waals surface area contributed by atoms with Gasteiger partial charge < -0.3 is 25.6 Å². The van der Waals surface area contributed by atoms with Crippen molar-refractivity contribution in [1.82, 2.24) is 24.7 Å². The molecule has 11 heteroatoms. The molecule has 0 radical (unpaired) electrons. The molecule has 2 aliphatic rings. The Bertz CT molecular complexity index is 1210. The van der Waals surface area contributed by atoms with Crippen LogP contribution in [0, 0.1) is 0 Å². The maximum absolute atomic E-state index is 10.4. The average Bonchev–Trinajstić information content (AvgIpc) is 3.29. The Kier molecular flexibility index (Phi) is 9.47. The number of thiophene rings is 1. The van der Waals surface area contributed by atoms with Gasteiger partial charge in [0.25, 0.3) is 0 Å². The first-order valence-corrected chi connectivity index (χ1v) is 13.9. The van der Waals surface area contributed by atoms with E-state index in [0.717, 1.165) is 80.2 Å². The number of carbonyl (C=O) groups excluding carboxylic acids is 1. The summed E-state index contributed by atoms with van der Waals surface area (Å²) in [5, 5.41) is 4.53. The average molecular weight is 544 g/mol. The quantitative estimate of drug-likeness (QED) is 0.237. The predicted octanol–water partition coefficient (Wildman–Crippen LogP) is 3.52. The minimum Gasteiger partial charge on any atom is -0.494 e. The minimum atomic E-state index is 0.585. The second kappa shape index (κ2) is 12.8. The molecule has 0 unspecified atom stereocenters. The SMILES string of the molecule is CN(C)CCN1CCN(C=O)CC1.COc1cc(N)c(S)cc1Nc1ncnc2sc3c(c12)CCCC3. The smallest absolute Gasteiger partial charge is 0.209 e. The van der Waals surface area contributed by atoms with Gasteiger partial charge in [0.2, 0.25) is 6.41 Å². The first kappa shape index (κ1) is 27.4. The number of aromatic nitrogens is 2. The van der Waals surface area contributed by atoms with Crippen LogP contribution in [0.5, 0.6) is 5.75 Å². The fourth-order valence-electron chi connectivity index (χ4n) is 4.60. The van der Waals surface area contributed by atoms with Crippen molar-refractivity contribution in [1.29, 1.82) is 0 Å². The zero-order valence-electron chi connectivity index (χ0n) is 21.9. The number of rotatable bonds is 7. The number of thiol groups is 1. The summed E-state index contributed by atoms with van der Waals surface area (Å²) in [5.41, 5.74) is 8.69. The van der Waals surface area contributed by atoms with Gasteiger partial charge in [-0.05, 0) is 51.4 Å². The second-order valence-corrected chi connectivity index (χ2v) is 11.2. The third-order valence-electron chi connectivity index (χ3n) is 6.77. The van der Waals surface area contributed by atoms with E-state index in [9.17, 15) is 4.79 Å². The lowest BCUT2D eigenvalue weighted by atomic mass is 9.97. The highest BCUT2D eigenvalue weighted by Crippen LogP contribution is 2.40. The van der Waals surface area contributed by atoms with E-state index in [0.29, 0.717) is 16.3 Å². The summed E-state index contributed by atoms with van der Waals surface area (Å²) in [6.45, 7) is 6.02. The number of benzene rings is 1. The van der Waals surface area contributed by atoms with E-state index < -0.39 is 0 Å². The Morgan fingerprint density at radius 3 is 2.65 bits per heavy atom. The van der Waals surface area contributed by atoms with Crippen LogP contribution >= 0.6 is 24.0 Å². The number of likely N-dealkylation sites (N-methyl/N-ethyl adjacent to an activating group) is 1. The van der Waals surface area contributed by atoms with E-state index in [-0.39, 0.29) is 0 Å². The highest BCUT2D eigenvalue weighted by molar-refractivity contribution is 7.80. The lowest BCUT2D eigenvalue weighted by Gasteiger charge is -2.32. The zero-order valence-corrected chi connectivity index (χ0v) is 23.6. The third kappa shape index (κ3) is 6.84. The van der Waals surface area contributed by atoms with Crippen molar-refractivity contribution < 1.29 is 9.53 Å². The molecule has 1 aromatic carbocycles. The van der Waals surface area contributed by atoms with Crippen LogP contribution in [-0.2, 0) is 17.6 Å². The molecule has 1 fully saturated rings. The van der Waals surface area contributed by atoms with E-state index in [4.69, 9.17) is 10.5 Å². The Morgan fingerprint density at radius 2 is 1.95 bits per heavy atom. The van der Waals surface area contributed by atoms with Gasteiger partial charge in [0.15, 0.2) is 0 Å². The number of piperazine rings is 1. The summed E-state index contributed by atoms with van der Waals surface area (Å²) >= 11 is 6.19. The molecule has 37 heavy (non-hydrogen) atoms. The van der Waals surface area contributed by atoms with E-state index >= 15 is 0 Å². The summed E-state index contributed by atoms with van der Waals surface area (Å²) in [4.78, 5) is 29.0. The number of amides is 1. The largest absolute Gasteiger partial charge is 0.494 e. The Hall–Kier alpha value is -2.60. The molecular weight excluding hydrogens is 506 g/mol. The van der Waals surface area contributed by atoms with Gasteiger partial charge in [-0.3, -0.25) is 9.69 Å². The number of nitrogens with zero attached hydrogens (tertiary/aromatic N) is 5. The van der Waals surface area contributed by atoms with Gasteiger partial charge in [-0.1, -0.05) is 0 Å². The van der Waals surface area contributed by atoms with Crippen LogP contribution in [-0.4, -0.2) is 91.6 Å². The summed E-state index contributed by atoms with van der Waals surface area (Å²) in [6.07, 6.45) is 7.26. The normalized spacial score (nSPS) is 15.8. The van der Waals surface area contributed by atoms with Gasteiger partial charge in [-0.2, -0.15) is 0 Å². The van der Waals surface area contributed by atoms with Crippen molar-refractivity contribution in [3.8, 4) is 5.75 Å². The maximum atomic E-state index is 10.4. The van der Waals surface area contributed by atoms with Gasteiger partial charge in [0, 0.05) is 60.8 Å². The van der Waals surface area contributed by atoms with Crippen molar-refractivity contribution in [3.05, 3.63) is 28.9 Å². The molecule has 3 N–H and O–H groups in total. The molecule has 3 heterocycles. The van der Waals surface area contributed by atoms with Crippen LogP contribution in [0.4, 0.5) is 17.2 Å². The Morgan fingerprint density at radius 1 is 1.19 bits per heavy atom. The molecular formula is C26H37N7O2S2. The second-order valence-electron chi connectivity index (χ2n) is 9.64. The maximum Gasteiger partial charge on any atom is 0.209 e. The van der Waals surface area contributed by atoms with Crippen LogP contribution in [0.25, 0.3) is 10.2 Å². The van der Waals surface area contributed by atoms with E-state index in [1.54, 1.807) is 30.8 Å². The number of anilines is 3. The van der Waals surface area contributed by atoms with Gasteiger partial charge in [-0.15, -0.1) is 24.0 Å². The Balaban J connectivity index is 0.000000209. The summed E-state index contributed by atoms with van der Waals surface area (Å²) < 4.78 is 5.44. The molecule has 3 aromatic rings. The van der Waals surface area contributed by atoms with Gasteiger partial charge in [0.1, 0.15) is 22.7 Å². The molecule has 9 nitrogen and oxygen atoms in total. The Labute approximate surface area is 228 Å². The third-order valence-corrected chi connectivity index (χ3v) is 8.36. The number of nitrogens with one attached hydrogen (secondary N) is 1. The molecule has 1 aliphatic carbocycles. The standard InChI is InChI=1S/C17H18N4OS2.C9H19N3O/c1-22-12-6-10(18)13(23)7-11(12)21-16-15-9-4-2-3-5-14(9)24-17(15)20-8-19-16;1-10(2)3-4-11-5-7-12(9-13)8-6-11/h6-8,23H,2-5,18H2,1H3,(H,19,20,21);9H,3-8H2,1-2H3. The van der Waals surface area contributed by atoms with E-state index in [1.165, 1.54) is 23.3 Å². The van der Waals surface area contributed by atoms with Crippen molar-refractivity contribution in [2.24, 2.45) is 0 Å². The molecule has 1 aliphatic heterocycles. The van der Waals surface area contributed by atoms with Crippen LogP contribution in [0.3, 0.4) is 0 Å². The number of methoxy groups -OCH3 is 1. The first-order chi connectivity index (χ1) is 17.9. The number of ether oxygens (including phenoxy) is 1. The molecule has 1 saturated heterocycles.